The lowest BCUT2D eigenvalue weighted by molar-refractivity contribution is -0.136. The van der Waals surface area contributed by atoms with E-state index in [1.54, 1.807) is 36.4 Å². The highest BCUT2D eigenvalue weighted by atomic mass is 32.2. The third-order valence-electron chi connectivity index (χ3n) is 5.13. The molecule has 7 nitrogen and oxygen atoms in total. The summed E-state index contributed by atoms with van der Waals surface area (Å²) in [5.74, 6) is -1.88. The molecule has 0 atom stereocenters. The standard InChI is InChI=1S/C24H19FN2O5S/c1-33(31,32)18-9-7-17(8-10-18)26-23(15-4-2-14(3-5-15)12-21(28)29)22-19-11-6-16(25)13-20(19)27-24(22)30/h2-11,13,26H,12H2,1H3,(H,27,30)(H,28,29). The first-order valence-electron chi connectivity index (χ1n) is 9.85. The van der Waals surface area contributed by atoms with Crippen LogP contribution in [0.2, 0.25) is 0 Å². The first kappa shape index (κ1) is 22.2. The second-order valence-electron chi connectivity index (χ2n) is 7.58. The Kier molecular flexibility index (Phi) is 5.73. The minimum atomic E-state index is -3.37. The van der Waals surface area contributed by atoms with Gasteiger partial charge in [0, 0.05) is 17.5 Å². The van der Waals surface area contributed by atoms with Crippen molar-refractivity contribution in [3.8, 4) is 0 Å². The van der Waals surface area contributed by atoms with Gasteiger partial charge < -0.3 is 15.7 Å². The van der Waals surface area contributed by atoms with Gasteiger partial charge >= 0.3 is 5.97 Å². The first-order valence-corrected chi connectivity index (χ1v) is 11.7. The molecule has 9 heteroatoms. The van der Waals surface area contributed by atoms with Gasteiger partial charge in [0.05, 0.1) is 28.3 Å². The van der Waals surface area contributed by atoms with Crippen LogP contribution in [0.5, 0.6) is 0 Å². The summed E-state index contributed by atoms with van der Waals surface area (Å²) in [5, 5.41) is 14.8. The lowest BCUT2D eigenvalue weighted by atomic mass is 9.98. The zero-order valence-corrected chi connectivity index (χ0v) is 18.2. The van der Waals surface area contributed by atoms with E-state index in [0.29, 0.717) is 33.8 Å². The fourth-order valence-electron chi connectivity index (χ4n) is 3.57. The Bertz CT molecular complexity index is 1400. The minimum absolute atomic E-state index is 0.144. The third-order valence-corrected chi connectivity index (χ3v) is 6.25. The summed E-state index contributed by atoms with van der Waals surface area (Å²) in [6.07, 6.45) is 0.968. The summed E-state index contributed by atoms with van der Waals surface area (Å²) in [5.41, 5.74) is 3.25. The van der Waals surface area contributed by atoms with Gasteiger partial charge in [-0.1, -0.05) is 24.3 Å². The van der Waals surface area contributed by atoms with Crippen LogP contribution in [-0.4, -0.2) is 31.7 Å². The van der Waals surface area contributed by atoms with Crippen molar-refractivity contribution in [2.75, 3.05) is 16.9 Å². The number of carbonyl (C=O) groups is 2. The lowest BCUT2D eigenvalue weighted by Gasteiger charge is -2.15. The SMILES string of the molecule is CS(=O)(=O)c1ccc(NC(=C2C(=O)Nc3cc(F)ccc32)c2ccc(CC(=O)O)cc2)cc1. The number of amides is 1. The quantitative estimate of drug-likeness (QED) is 0.477. The van der Waals surface area contributed by atoms with Gasteiger partial charge in [-0.25, -0.2) is 12.8 Å². The largest absolute Gasteiger partial charge is 0.481 e. The summed E-state index contributed by atoms with van der Waals surface area (Å²) in [7, 11) is -3.37. The highest BCUT2D eigenvalue weighted by Crippen LogP contribution is 2.38. The number of benzene rings is 3. The van der Waals surface area contributed by atoms with E-state index in [1.165, 1.54) is 30.3 Å². The average Bonchev–Trinajstić information content (AvgIpc) is 3.06. The molecule has 0 saturated heterocycles. The third kappa shape index (κ3) is 4.78. The molecule has 0 unspecified atom stereocenters. The molecule has 168 valence electrons. The van der Waals surface area contributed by atoms with Crippen molar-refractivity contribution < 1.29 is 27.5 Å². The van der Waals surface area contributed by atoms with Gasteiger partial charge in [0.15, 0.2) is 9.84 Å². The van der Waals surface area contributed by atoms with Crippen molar-refractivity contribution in [2.24, 2.45) is 0 Å². The van der Waals surface area contributed by atoms with Crippen molar-refractivity contribution in [1.29, 1.82) is 0 Å². The summed E-state index contributed by atoms with van der Waals surface area (Å²) < 4.78 is 37.2. The first-order chi connectivity index (χ1) is 15.6. The molecule has 3 N–H and O–H groups in total. The molecule has 0 aromatic heterocycles. The molecule has 33 heavy (non-hydrogen) atoms. The maximum atomic E-state index is 13.7. The number of aliphatic carboxylic acids is 1. The number of hydrogen-bond donors (Lipinski definition) is 3. The molecule has 3 aromatic carbocycles. The summed E-state index contributed by atoms with van der Waals surface area (Å²) in [6, 6.07) is 16.7. The van der Waals surface area contributed by atoms with Crippen molar-refractivity contribution in [3.63, 3.8) is 0 Å². The number of halogens is 1. The molecule has 1 aliphatic rings. The van der Waals surface area contributed by atoms with Crippen LogP contribution in [0.15, 0.2) is 71.6 Å². The van der Waals surface area contributed by atoms with Gasteiger partial charge in [0.1, 0.15) is 5.82 Å². The summed E-state index contributed by atoms with van der Waals surface area (Å²) in [6.45, 7) is 0. The van der Waals surface area contributed by atoms with Crippen LogP contribution < -0.4 is 10.6 Å². The fraction of sp³-hybridized carbons (Fsp3) is 0.0833. The Morgan fingerprint density at radius 3 is 2.30 bits per heavy atom. The van der Waals surface area contributed by atoms with E-state index in [1.807, 2.05) is 0 Å². The molecule has 1 aliphatic heterocycles. The van der Waals surface area contributed by atoms with Crippen LogP contribution >= 0.6 is 0 Å². The van der Waals surface area contributed by atoms with Crippen LogP contribution in [0.3, 0.4) is 0 Å². The van der Waals surface area contributed by atoms with E-state index in [4.69, 9.17) is 5.11 Å². The van der Waals surface area contributed by atoms with Crippen LogP contribution in [0.4, 0.5) is 15.8 Å². The Morgan fingerprint density at radius 1 is 1.03 bits per heavy atom. The number of sulfone groups is 1. The van der Waals surface area contributed by atoms with Crippen molar-refractivity contribution in [3.05, 3.63) is 89.2 Å². The zero-order valence-electron chi connectivity index (χ0n) is 17.4. The summed E-state index contributed by atoms with van der Waals surface area (Å²) in [4.78, 5) is 24.0. The maximum absolute atomic E-state index is 13.7. The molecule has 3 aromatic rings. The molecule has 0 saturated carbocycles. The van der Waals surface area contributed by atoms with Gasteiger partial charge in [-0.05, 0) is 53.6 Å². The van der Waals surface area contributed by atoms with Gasteiger partial charge in [0.2, 0.25) is 0 Å². The van der Waals surface area contributed by atoms with Crippen molar-refractivity contribution in [1.82, 2.24) is 0 Å². The lowest BCUT2D eigenvalue weighted by Crippen LogP contribution is -2.10. The molecular formula is C24H19FN2O5S. The monoisotopic (exact) mass is 466 g/mol. The summed E-state index contributed by atoms with van der Waals surface area (Å²) >= 11 is 0. The van der Waals surface area contributed by atoms with E-state index in [-0.39, 0.29) is 16.9 Å². The van der Waals surface area contributed by atoms with Crippen LogP contribution in [0, 0.1) is 5.82 Å². The predicted molar refractivity (Wildman–Crippen MR) is 123 cm³/mol. The number of carbonyl (C=O) groups excluding carboxylic acids is 1. The number of carboxylic acid groups (broad SMARTS) is 1. The number of fused-ring (bicyclic) bond motifs is 1. The van der Waals surface area contributed by atoms with Gasteiger partial charge in [-0.15, -0.1) is 0 Å². The maximum Gasteiger partial charge on any atom is 0.307 e. The Balaban J connectivity index is 1.82. The molecule has 0 spiro atoms. The van der Waals surface area contributed by atoms with E-state index < -0.39 is 27.5 Å². The number of rotatable bonds is 6. The van der Waals surface area contributed by atoms with Crippen LogP contribution in [0.25, 0.3) is 11.3 Å². The number of hydrogen-bond acceptors (Lipinski definition) is 5. The molecular weight excluding hydrogens is 447 g/mol. The van der Waals surface area contributed by atoms with Crippen molar-refractivity contribution in [2.45, 2.75) is 11.3 Å². The second kappa shape index (κ2) is 8.51. The van der Waals surface area contributed by atoms with E-state index in [9.17, 15) is 22.4 Å². The Labute approximate surface area is 189 Å². The van der Waals surface area contributed by atoms with Crippen LogP contribution in [-0.2, 0) is 25.8 Å². The van der Waals surface area contributed by atoms with Crippen LogP contribution in [0.1, 0.15) is 16.7 Å². The smallest absolute Gasteiger partial charge is 0.307 e. The molecule has 1 amide bonds. The topological polar surface area (TPSA) is 113 Å². The average molecular weight is 466 g/mol. The number of nitrogens with one attached hydrogen (secondary N) is 2. The van der Waals surface area contributed by atoms with Gasteiger partial charge in [0.25, 0.3) is 5.91 Å². The molecule has 0 aliphatic carbocycles. The number of anilines is 2. The van der Waals surface area contributed by atoms with Gasteiger partial charge in [-0.3, -0.25) is 9.59 Å². The minimum Gasteiger partial charge on any atom is -0.481 e. The van der Waals surface area contributed by atoms with Crippen molar-refractivity contribution >= 4 is 44.4 Å². The highest BCUT2D eigenvalue weighted by molar-refractivity contribution is 7.90. The molecule has 1 heterocycles. The van der Waals surface area contributed by atoms with E-state index in [0.717, 1.165) is 6.26 Å². The second-order valence-corrected chi connectivity index (χ2v) is 9.60. The predicted octanol–water partition coefficient (Wildman–Crippen LogP) is 3.79. The van der Waals surface area contributed by atoms with E-state index >= 15 is 0 Å². The fourth-order valence-corrected chi connectivity index (χ4v) is 4.20. The van der Waals surface area contributed by atoms with Gasteiger partial charge in [-0.2, -0.15) is 0 Å². The molecule has 0 fully saturated rings. The highest BCUT2D eigenvalue weighted by Gasteiger charge is 2.29. The molecule has 4 rings (SSSR count). The Hall–Kier alpha value is -3.98. The normalized spacial score (nSPS) is 14.4. The molecule has 0 radical (unpaired) electrons. The Morgan fingerprint density at radius 2 is 1.70 bits per heavy atom. The molecule has 0 bridgehead atoms. The number of carboxylic acids is 1. The van der Waals surface area contributed by atoms with E-state index in [2.05, 4.69) is 10.6 Å². The zero-order chi connectivity index (χ0) is 23.8.